The Balaban J connectivity index is 4.46. The van der Waals surface area contributed by atoms with Crippen LogP contribution in [0.15, 0.2) is 39.9 Å². The van der Waals surface area contributed by atoms with Crippen LogP contribution in [-0.4, -0.2) is 325 Å². The molecule has 43 nitrogen and oxygen atoms in total. The van der Waals surface area contributed by atoms with E-state index in [0.29, 0.717) is 168 Å². The maximum atomic E-state index is 18.0. The molecule has 0 atom stereocenters. The van der Waals surface area contributed by atoms with Crippen molar-refractivity contribution in [2.24, 2.45) is 132 Å². The largest absolute Gasteiger partial charge is 0.448 e. The maximum absolute atomic E-state index is 18.0. The average Bonchev–Trinajstić information content (AvgIpc) is 0.771. The molecule has 0 aromatic rings. The molecule has 1 aliphatic heterocycles. The van der Waals surface area contributed by atoms with Crippen LogP contribution in [0.1, 0.15) is 218 Å². The third-order valence-corrected chi connectivity index (χ3v) is 25.8. The van der Waals surface area contributed by atoms with Gasteiger partial charge in [-0.3, -0.25) is 49.3 Å². The molecule has 0 saturated carbocycles. The zero-order chi connectivity index (χ0) is 92.4. The van der Waals surface area contributed by atoms with Gasteiger partial charge in [-0.1, -0.05) is 124 Å². The van der Waals surface area contributed by atoms with Crippen molar-refractivity contribution in [3.8, 4) is 0 Å². The van der Waals surface area contributed by atoms with Crippen LogP contribution in [0, 0.1) is 0 Å². The highest BCUT2D eigenvalue weighted by Gasteiger charge is 2.45. The van der Waals surface area contributed by atoms with Crippen LogP contribution < -0.4 is 91.7 Å². The van der Waals surface area contributed by atoms with Gasteiger partial charge in [-0.25, -0.2) is 33.2 Å². The Morgan fingerprint density at radius 3 is 0.664 bits per heavy atom. The predicted molar refractivity (Wildman–Crippen MR) is 509 cm³/mol. The van der Waals surface area contributed by atoms with E-state index in [1.54, 1.807) is 38.5 Å². The molecule has 32 N–H and O–H groups in total. The molecule has 0 bridgehead atoms. The molecule has 1 aliphatic rings. The Hall–Kier alpha value is -8.75. The lowest BCUT2D eigenvalue weighted by molar-refractivity contribution is -0.132. The average molecular weight is 1830 g/mol. The summed E-state index contributed by atoms with van der Waals surface area (Å²) in [6.07, 6.45) is 21.4. The van der Waals surface area contributed by atoms with Crippen molar-refractivity contribution >= 4 is 121 Å². The molecule has 1 fully saturated rings. The van der Waals surface area contributed by atoms with Crippen molar-refractivity contribution in [2.45, 2.75) is 218 Å². The minimum absolute atomic E-state index is 0.0106. The first-order valence-corrected chi connectivity index (χ1v) is 48.9. The van der Waals surface area contributed by atoms with Crippen LogP contribution in [0.2, 0.25) is 0 Å². The number of ether oxygens (including phenoxy) is 4. The van der Waals surface area contributed by atoms with Crippen molar-refractivity contribution in [3.05, 3.63) is 0 Å². The van der Waals surface area contributed by atoms with Gasteiger partial charge in [-0.05, 0) is 103 Å². The van der Waals surface area contributed by atoms with Crippen LogP contribution in [0.3, 0.4) is 0 Å². The van der Waals surface area contributed by atoms with Crippen LogP contribution in [0.5, 0.6) is 0 Å². The summed E-state index contributed by atoms with van der Waals surface area (Å²) in [7, 11) is 3.86. The summed E-state index contributed by atoms with van der Waals surface area (Å²) in [4.78, 5) is 126. The molecule has 0 unspecified atom stereocenters. The van der Waals surface area contributed by atoms with E-state index < -0.39 is 37.6 Å². The first-order valence-electron chi connectivity index (χ1n) is 44.8. The van der Waals surface area contributed by atoms with Crippen LogP contribution in [0.4, 0.5) is 19.2 Å². The lowest BCUT2D eigenvalue weighted by Gasteiger charge is -2.47. The third-order valence-electron chi connectivity index (χ3n) is 20.0. The van der Waals surface area contributed by atoms with Crippen molar-refractivity contribution in [1.29, 1.82) is 0 Å². The Labute approximate surface area is 752 Å². The van der Waals surface area contributed by atoms with Gasteiger partial charge in [-0.15, -0.1) is 0 Å². The number of carbonyl (C=O) groups excluding carboxylic acids is 6. The van der Waals surface area contributed by atoms with E-state index in [1.165, 1.54) is 21.6 Å². The monoisotopic (exact) mass is 1830 g/mol. The summed E-state index contributed by atoms with van der Waals surface area (Å²) in [6, 6.07) is 0. The molecule has 0 spiro atoms. The fraction of sp³-hybridized carbons (Fsp3) is 0.821. The Kier molecular flexibility index (Phi) is 68.9. The molecule has 0 aromatic carbocycles. The molecule has 0 aromatic heterocycles. The van der Waals surface area contributed by atoms with E-state index in [4.69, 9.17) is 119 Å². The second-order valence-electron chi connectivity index (χ2n) is 30.5. The molecule has 1 heterocycles. The summed E-state index contributed by atoms with van der Waals surface area (Å²) in [5, 5.41) is 0. The van der Waals surface area contributed by atoms with E-state index in [-0.39, 0.29) is 145 Å². The molecule has 0 aliphatic carbocycles. The second kappa shape index (κ2) is 75.4. The molecule has 47 heteroatoms. The zero-order valence-corrected chi connectivity index (χ0v) is 77.5. The minimum Gasteiger partial charge on any atom is -0.448 e. The van der Waals surface area contributed by atoms with Crippen LogP contribution in [-0.2, 0) is 33.1 Å². The molecular formula is C78H160BN32O11PS2. The standard InChI is InChI=1S/C78H160BN32O11PS2/c79-65(112)33-63-124-125-64-34-66(113)104-51-53-109(54-52-104)123(118,110(55-59-119-75(114)105(43-25-9-1-17-35-96-67(80)81)44-26-10-2-18-36-97-68(82)83)56-60-120-76(115)106(45-27-11-3-19-37-98-69(84)85)46-28-12-4-20-38-99-70(86)87)111(57-61-121-77(116)107(47-29-13-5-21-39-100-71(88)89)48-30-14-6-22-40-101-72(90)91)58-62-122-78(117)108(49-31-15-7-23-41-102-73(92)93)50-32-16-8-24-42-103-74(94)95/h1-64H2,(H4,80,81,96)(H4,82,83,97)(H4,84,85,98)(H4,86,87,99)(H4,88,89,100)(H4,90,91,101)(H4,92,93,102)(H4,94,95,103). The van der Waals surface area contributed by atoms with E-state index >= 15 is 4.57 Å². The molecule has 718 valence electrons. The predicted octanol–water partition coefficient (Wildman–Crippen LogP) is 3.12. The molecule has 5 amide bonds. The van der Waals surface area contributed by atoms with Gasteiger partial charge >= 0.3 is 24.4 Å². The number of rotatable bonds is 78. The first-order chi connectivity index (χ1) is 60.1. The summed E-state index contributed by atoms with van der Waals surface area (Å²) >= 11 is 0. The van der Waals surface area contributed by atoms with Crippen LogP contribution >= 0.6 is 29.2 Å². The van der Waals surface area contributed by atoms with Crippen molar-refractivity contribution in [3.63, 3.8) is 0 Å². The van der Waals surface area contributed by atoms with Gasteiger partial charge in [0.25, 0.3) is 7.59 Å². The van der Waals surface area contributed by atoms with Gasteiger partial charge < -0.3 is 140 Å². The summed E-state index contributed by atoms with van der Waals surface area (Å²) in [5.41, 5.74) is 89.2. The van der Waals surface area contributed by atoms with Gasteiger partial charge in [0.15, 0.2) is 55.5 Å². The summed E-state index contributed by atoms with van der Waals surface area (Å²) in [6.45, 7) is 4.85. The topological polar surface area (TPSA) is 698 Å². The highest BCUT2D eigenvalue weighted by Crippen LogP contribution is 2.56. The molecule has 2 radical (unpaired) electrons. The van der Waals surface area contributed by atoms with E-state index in [0.717, 1.165) is 154 Å². The number of unbranched alkanes of at least 4 members (excludes halogenated alkanes) is 24. The van der Waals surface area contributed by atoms with Crippen molar-refractivity contribution in [1.82, 2.24) is 38.5 Å². The van der Waals surface area contributed by atoms with E-state index in [2.05, 4.69) is 39.9 Å². The maximum Gasteiger partial charge on any atom is 0.409 e. The first kappa shape index (κ1) is 114. The number of hydrogen-bond donors (Lipinski definition) is 16. The van der Waals surface area contributed by atoms with Gasteiger partial charge in [-0.2, -0.15) is 0 Å². The SMILES string of the molecule is [B]C(=O)CCSSCCC(=O)N1CCN(P(=O)(N(CCOC(=O)N(CCCCCCN=C(N)N)CCCCCCN=C(N)N)CCOC(=O)N(CCCCCCN=C(N)N)CCCCCCN=C(N)N)N(CCOC(=O)N(CCCCCCN=C(N)N)CCCCCCN=C(N)N)CCOC(=O)N(CCCCCCN=C(N)N)CCCCCCN=C(N)N)CC1. The molecular weight excluding hydrogens is 1670 g/mol. The fourth-order valence-electron chi connectivity index (χ4n) is 13.3. The molecule has 125 heavy (non-hydrogen) atoms. The number of carbonyl (C=O) groups is 6. The Bertz CT molecular complexity index is 2740. The zero-order valence-electron chi connectivity index (χ0n) is 75.0. The Morgan fingerprint density at radius 1 is 0.280 bits per heavy atom. The molecule has 1 saturated heterocycles. The third kappa shape index (κ3) is 63.8. The van der Waals surface area contributed by atoms with E-state index in [9.17, 15) is 28.8 Å². The number of aliphatic imine (C=N–C) groups is 8. The number of piperazine rings is 1. The molecule has 1 rings (SSSR count). The highest BCUT2D eigenvalue weighted by atomic mass is 33.1. The number of amides is 5. The lowest BCUT2D eigenvalue weighted by Crippen LogP contribution is -2.53. The summed E-state index contributed by atoms with van der Waals surface area (Å²) in [5.74, 6) is 0.883. The van der Waals surface area contributed by atoms with Gasteiger partial charge in [0.05, 0.1) is 5.68 Å². The highest BCUT2D eigenvalue weighted by molar-refractivity contribution is 8.76. The summed E-state index contributed by atoms with van der Waals surface area (Å²) < 4.78 is 48.3. The van der Waals surface area contributed by atoms with Gasteiger partial charge in [0, 0.05) is 181 Å². The Morgan fingerprint density at radius 2 is 0.472 bits per heavy atom. The lowest BCUT2D eigenvalue weighted by atomic mass is 10.0. The van der Waals surface area contributed by atoms with Crippen LogP contribution in [0.25, 0.3) is 0 Å². The fourth-order valence-corrected chi connectivity index (χ4v) is 18.5. The number of nitrogens with two attached hydrogens (primary N) is 16. The number of guanidine groups is 8. The normalized spacial score (nSPS) is 12.0. The van der Waals surface area contributed by atoms with Gasteiger partial charge in [0.1, 0.15) is 26.4 Å². The minimum atomic E-state index is -4.45. The number of hydrogen-bond acceptors (Lipinski definition) is 21. The number of nitrogens with zero attached hydrogens (tertiary/aromatic N) is 16. The van der Waals surface area contributed by atoms with Crippen molar-refractivity contribution < 1.29 is 52.3 Å². The van der Waals surface area contributed by atoms with E-state index in [1.807, 2.05) is 0 Å². The van der Waals surface area contributed by atoms with Crippen molar-refractivity contribution in [2.75, 3.05) is 195 Å². The quantitative estimate of drug-likeness (QED) is 0.00791. The van der Waals surface area contributed by atoms with Gasteiger partial charge in [0.2, 0.25) is 5.91 Å². The smallest absolute Gasteiger partial charge is 0.409 e. The second-order valence-corrected chi connectivity index (χ2v) is 36.0.